The van der Waals surface area contributed by atoms with Crippen molar-refractivity contribution in [3.63, 3.8) is 0 Å². The van der Waals surface area contributed by atoms with Gasteiger partial charge in [-0.05, 0) is 44.2 Å². The van der Waals surface area contributed by atoms with Gasteiger partial charge in [0.05, 0.1) is 4.92 Å². The van der Waals surface area contributed by atoms with E-state index in [0.29, 0.717) is 11.5 Å². The molecule has 0 amide bonds. The van der Waals surface area contributed by atoms with E-state index in [0.717, 1.165) is 43.9 Å². The van der Waals surface area contributed by atoms with Crippen LogP contribution in [0.5, 0.6) is 0 Å². The van der Waals surface area contributed by atoms with Crippen LogP contribution in [0.15, 0.2) is 12.1 Å². The highest BCUT2D eigenvalue weighted by atomic mass is 16.6. The molecule has 5 nitrogen and oxygen atoms in total. The van der Waals surface area contributed by atoms with Gasteiger partial charge in [0.25, 0.3) is 5.69 Å². The second kappa shape index (κ2) is 6.02. The molecule has 0 bridgehead atoms. The summed E-state index contributed by atoms with van der Waals surface area (Å²) in [4.78, 5) is 10.5. The lowest BCUT2D eigenvalue weighted by atomic mass is 10.00. The molecule has 0 aliphatic carbocycles. The molecule has 0 spiro atoms. The Bertz CT molecular complexity index is 468. The van der Waals surface area contributed by atoms with Crippen molar-refractivity contribution in [3.8, 4) is 0 Å². The van der Waals surface area contributed by atoms with Crippen LogP contribution in [-0.2, 0) is 4.74 Å². The number of hydrogen-bond donors (Lipinski definition) is 1. The Morgan fingerprint density at radius 2 is 2.00 bits per heavy atom. The molecular formula is C14H20N2O3. The summed E-state index contributed by atoms with van der Waals surface area (Å²) in [6.07, 6.45) is 2.16. The Morgan fingerprint density at radius 3 is 2.63 bits per heavy atom. The topological polar surface area (TPSA) is 64.4 Å². The molecule has 0 radical (unpaired) electrons. The monoisotopic (exact) mass is 264 g/mol. The van der Waals surface area contributed by atoms with Gasteiger partial charge in [-0.2, -0.15) is 0 Å². The summed E-state index contributed by atoms with van der Waals surface area (Å²) in [5, 5.41) is 14.3. The minimum absolute atomic E-state index is 0.189. The van der Waals surface area contributed by atoms with Gasteiger partial charge in [0.1, 0.15) is 0 Å². The standard InChI is InChI=1S/C14H20N2O3/c1-10-8-14(16(17)18)11(2)7-13(10)15-9-12-3-5-19-6-4-12/h7-8,12,15H,3-6,9H2,1-2H3. The molecule has 104 valence electrons. The van der Waals surface area contributed by atoms with Crippen molar-refractivity contribution >= 4 is 11.4 Å². The third-order valence-corrected chi connectivity index (χ3v) is 3.66. The van der Waals surface area contributed by atoms with Crippen LogP contribution in [0.3, 0.4) is 0 Å². The van der Waals surface area contributed by atoms with Crippen LogP contribution in [0.1, 0.15) is 24.0 Å². The Balaban J connectivity index is 2.04. The van der Waals surface area contributed by atoms with Gasteiger partial charge in [-0.15, -0.1) is 0 Å². The number of benzene rings is 1. The number of nitrogens with one attached hydrogen (secondary N) is 1. The lowest BCUT2D eigenvalue weighted by Crippen LogP contribution is -2.22. The van der Waals surface area contributed by atoms with Crippen LogP contribution in [0.2, 0.25) is 0 Å². The number of hydrogen-bond acceptors (Lipinski definition) is 4. The number of nitro benzene ring substituents is 1. The molecule has 2 rings (SSSR count). The van der Waals surface area contributed by atoms with Crippen molar-refractivity contribution in [2.75, 3.05) is 25.1 Å². The molecule has 1 aliphatic rings. The van der Waals surface area contributed by atoms with Crippen molar-refractivity contribution in [1.29, 1.82) is 0 Å². The molecule has 1 heterocycles. The predicted octanol–water partition coefficient (Wildman–Crippen LogP) is 3.05. The molecule has 0 unspecified atom stereocenters. The molecule has 1 aliphatic heterocycles. The average molecular weight is 264 g/mol. The van der Waals surface area contributed by atoms with Gasteiger partial charge in [0.15, 0.2) is 0 Å². The van der Waals surface area contributed by atoms with E-state index >= 15 is 0 Å². The summed E-state index contributed by atoms with van der Waals surface area (Å²) in [5.74, 6) is 0.628. The van der Waals surface area contributed by atoms with E-state index in [1.807, 2.05) is 13.0 Å². The van der Waals surface area contributed by atoms with Crippen LogP contribution < -0.4 is 5.32 Å². The van der Waals surface area contributed by atoms with E-state index in [4.69, 9.17) is 4.74 Å². The highest BCUT2D eigenvalue weighted by Crippen LogP contribution is 2.26. The molecule has 0 aromatic heterocycles. The number of nitrogens with zero attached hydrogens (tertiary/aromatic N) is 1. The fraction of sp³-hybridized carbons (Fsp3) is 0.571. The molecule has 19 heavy (non-hydrogen) atoms. The number of rotatable bonds is 4. The first kappa shape index (κ1) is 13.8. The summed E-state index contributed by atoms with van der Waals surface area (Å²) in [7, 11) is 0. The SMILES string of the molecule is Cc1cc([N+](=O)[O-])c(C)cc1NCC1CCOCC1. The van der Waals surface area contributed by atoms with Crippen molar-refractivity contribution in [2.45, 2.75) is 26.7 Å². The molecule has 1 aromatic rings. The fourth-order valence-corrected chi connectivity index (χ4v) is 2.39. The Hall–Kier alpha value is -1.62. The van der Waals surface area contributed by atoms with Gasteiger partial charge in [0, 0.05) is 37.1 Å². The number of anilines is 1. The van der Waals surface area contributed by atoms with Crippen molar-refractivity contribution < 1.29 is 9.66 Å². The van der Waals surface area contributed by atoms with Gasteiger partial charge in [-0.25, -0.2) is 0 Å². The second-order valence-corrected chi connectivity index (χ2v) is 5.15. The summed E-state index contributed by atoms with van der Waals surface area (Å²) in [6, 6.07) is 3.51. The zero-order valence-electron chi connectivity index (χ0n) is 11.4. The van der Waals surface area contributed by atoms with Crippen LogP contribution >= 0.6 is 0 Å². The summed E-state index contributed by atoms with van der Waals surface area (Å²) >= 11 is 0. The van der Waals surface area contributed by atoms with E-state index < -0.39 is 0 Å². The van der Waals surface area contributed by atoms with E-state index in [1.54, 1.807) is 13.0 Å². The first-order valence-corrected chi connectivity index (χ1v) is 6.65. The maximum atomic E-state index is 10.9. The zero-order chi connectivity index (χ0) is 13.8. The molecule has 0 saturated carbocycles. The van der Waals surface area contributed by atoms with Gasteiger partial charge >= 0.3 is 0 Å². The second-order valence-electron chi connectivity index (χ2n) is 5.15. The van der Waals surface area contributed by atoms with Gasteiger partial charge < -0.3 is 10.1 Å². The van der Waals surface area contributed by atoms with Crippen LogP contribution in [-0.4, -0.2) is 24.7 Å². The summed E-state index contributed by atoms with van der Waals surface area (Å²) < 4.78 is 5.33. The first-order valence-electron chi connectivity index (χ1n) is 6.65. The Labute approximate surface area is 113 Å². The first-order chi connectivity index (χ1) is 9.08. The average Bonchev–Trinajstić information content (AvgIpc) is 2.40. The Kier molecular flexibility index (Phi) is 4.37. The van der Waals surface area contributed by atoms with E-state index in [1.165, 1.54) is 0 Å². The highest BCUT2D eigenvalue weighted by Gasteiger charge is 2.16. The third kappa shape index (κ3) is 3.44. The maximum Gasteiger partial charge on any atom is 0.272 e. The van der Waals surface area contributed by atoms with Crippen LogP contribution in [0, 0.1) is 29.9 Å². The minimum atomic E-state index is -0.329. The predicted molar refractivity (Wildman–Crippen MR) is 74.6 cm³/mol. The van der Waals surface area contributed by atoms with Gasteiger partial charge in [-0.3, -0.25) is 10.1 Å². The number of aryl methyl sites for hydroxylation is 2. The number of nitro groups is 1. The summed E-state index contributed by atoms with van der Waals surface area (Å²) in [5.41, 5.74) is 2.80. The quantitative estimate of drug-likeness (QED) is 0.670. The van der Waals surface area contributed by atoms with Gasteiger partial charge in [0.2, 0.25) is 0 Å². The largest absolute Gasteiger partial charge is 0.385 e. The molecule has 1 saturated heterocycles. The summed E-state index contributed by atoms with van der Waals surface area (Å²) in [6.45, 7) is 6.26. The molecule has 1 N–H and O–H groups in total. The zero-order valence-corrected chi connectivity index (χ0v) is 11.4. The van der Waals surface area contributed by atoms with Gasteiger partial charge in [-0.1, -0.05) is 0 Å². The normalized spacial score (nSPS) is 16.3. The van der Waals surface area contributed by atoms with Crippen molar-refractivity contribution in [1.82, 2.24) is 0 Å². The molecule has 5 heteroatoms. The molecular weight excluding hydrogens is 244 g/mol. The third-order valence-electron chi connectivity index (χ3n) is 3.66. The number of ether oxygens (including phenoxy) is 1. The maximum absolute atomic E-state index is 10.9. The molecule has 0 atom stereocenters. The van der Waals surface area contributed by atoms with Crippen molar-refractivity contribution in [3.05, 3.63) is 33.4 Å². The van der Waals surface area contributed by atoms with E-state index in [2.05, 4.69) is 5.32 Å². The lowest BCUT2D eigenvalue weighted by Gasteiger charge is -2.23. The van der Waals surface area contributed by atoms with Crippen LogP contribution in [0.25, 0.3) is 0 Å². The minimum Gasteiger partial charge on any atom is -0.385 e. The lowest BCUT2D eigenvalue weighted by molar-refractivity contribution is -0.385. The van der Waals surface area contributed by atoms with Crippen molar-refractivity contribution in [2.24, 2.45) is 5.92 Å². The Morgan fingerprint density at radius 1 is 1.32 bits per heavy atom. The fourth-order valence-electron chi connectivity index (χ4n) is 2.39. The highest BCUT2D eigenvalue weighted by molar-refractivity contribution is 5.59. The smallest absolute Gasteiger partial charge is 0.272 e. The van der Waals surface area contributed by atoms with E-state index in [-0.39, 0.29) is 10.6 Å². The van der Waals surface area contributed by atoms with Crippen LogP contribution in [0.4, 0.5) is 11.4 Å². The molecule has 1 aromatic carbocycles. The van der Waals surface area contributed by atoms with E-state index in [9.17, 15) is 10.1 Å². The molecule has 1 fully saturated rings.